The van der Waals surface area contributed by atoms with Crippen LogP contribution in [0.25, 0.3) is 0 Å². The second-order valence-electron chi connectivity index (χ2n) is 4.27. The van der Waals surface area contributed by atoms with Crippen molar-refractivity contribution in [1.82, 2.24) is 5.43 Å². The fourth-order valence-electron chi connectivity index (χ4n) is 2.26. The lowest BCUT2D eigenvalue weighted by molar-refractivity contribution is 0.0536. The lowest BCUT2D eigenvalue weighted by Gasteiger charge is -2.30. The predicted octanol–water partition coefficient (Wildman–Crippen LogP) is 3.03. The first kappa shape index (κ1) is 13.3. The minimum atomic E-state index is 0.143. The molecule has 0 amide bonds. The van der Waals surface area contributed by atoms with Crippen molar-refractivity contribution in [3.8, 4) is 0 Å². The fourth-order valence-corrected chi connectivity index (χ4v) is 2.70. The van der Waals surface area contributed by atoms with E-state index in [4.69, 9.17) is 22.2 Å². The highest BCUT2D eigenvalue weighted by molar-refractivity contribution is 9.10. The molecule has 3 N–H and O–H groups in total. The number of nitrogens with one attached hydrogen (secondary N) is 1. The van der Waals surface area contributed by atoms with E-state index in [-0.39, 0.29) is 6.04 Å². The van der Waals surface area contributed by atoms with Crippen LogP contribution >= 0.6 is 27.5 Å². The van der Waals surface area contributed by atoms with Crippen molar-refractivity contribution in [2.45, 2.75) is 18.9 Å². The smallest absolute Gasteiger partial charge is 0.0551 e. The molecule has 1 aromatic carbocycles. The molecule has 3 nitrogen and oxygen atoms in total. The quantitative estimate of drug-likeness (QED) is 0.665. The molecule has 0 aromatic heterocycles. The van der Waals surface area contributed by atoms with Crippen molar-refractivity contribution >= 4 is 27.5 Å². The van der Waals surface area contributed by atoms with E-state index in [9.17, 15) is 0 Å². The number of nitrogens with two attached hydrogens (primary N) is 1. The summed E-state index contributed by atoms with van der Waals surface area (Å²) in [6.07, 6.45) is 2.06. The summed E-state index contributed by atoms with van der Waals surface area (Å²) in [5, 5.41) is 0.717. The molecule has 2 rings (SSSR count). The Morgan fingerprint density at radius 2 is 2.12 bits per heavy atom. The lowest BCUT2D eigenvalue weighted by Crippen LogP contribution is -2.36. The molecule has 94 valence electrons. The number of hydrogen-bond acceptors (Lipinski definition) is 3. The summed E-state index contributed by atoms with van der Waals surface area (Å²) in [5.41, 5.74) is 4.04. The van der Waals surface area contributed by atoms with Crippen molar-refractivity contribution in [3.05, 3.63) is 33.3 Å². The first-order chi connectivity index (χ1) is 8.22. The fraction of sp³-hybridized carbons (Fsp3) is 0.500. The molecule has 1 saturated heterocycles. The summed E-state index contributed by atoms with van der Waals surface area (Å²) in [6.45, 7) is 1.63. The average molecular weight is 320 g/mol. The molecule has 1 unspecified atom stereocenters. The van der Waals surface area contributed by atoms with Gasteiger partial charge >= 0.3 is 0 Å². The van der Waals surface area contributed by atoms with Gasteiger partial charge < -0.3 is 4.74 Å². The van der Waals surface area contributed by atoms with Gasteiger partial charge in [0.05, 0.1) is 5.02 Å². The van der Waals surface area contributed by atoms with E-state index >= 15 is 0 Å². The van der Waals surface area contributed by atoms with Crippen molar-refractivity contribution in [2.24, 2.45) is 11.8 Å². The van der Waals surface area contributed by atoms with Gasteiger partial charge in [-0.1, -0.05) is 17.7 Å². The minimum absolute atomic E-state index is 0.143. The van der Waals surface area contributed by atoms with Crippen LogP contribution in [0, 0.1) is 5.92 Å². The number of ether oxygens (including phenoxy) is 1. The van der Waals surface area contributed by atoms with Crippen LogP contribution in [0.4, 0.5) is 0 Å². The van der Waals surface area contributed by atoms with E-state index in [0.717, 1.165) is 41.1 Å². The molecule has 0 saturated carbocycles. The van der Waals surface area contributed by atoms with Gasteiger partial charge in [-0.15, -0.1) is 0 Å². The molecule has 0 radical (unpaired) electrons. The zero-order valence-corrected chi connectivity index (χ0v) is 11.8. The van der Waals surface area contributed by atoms with Crippen LogP contribution in [0.1, 0.15) is 24.4 Å². The van der Waals surface area contributed by atoms with Crippen molar-refractivity contribution < 1.29 is 4.74 Å². The van der Waals surface area contributed by atoms with Crippen LogP contribution in [-0.2, 0) is 4.74 Å². The van der Waals surface area contributed by atoms with E-state index < -0.39 is 0 Å². The Balaban J connectivity index is 2.18. The highest BCUT2D eigenvalue weighted by Gasteiger charge is 2.24. The zero-order chi connectivity index (χ0) is 12.3. The van der Waals surface area contributed by atoms with Gasteiger partial charge in [-0.3, -0.25) is 11.3 Å². The van der Waals surface area contributed by atoms with Crippen molar-refractivity contribution in [1.29, 1.82) is 0 Å². The molecule has 1 heterocycles. The van der Waals surface area contributed by atoms with Crippen LogP contribution < -0.4 is 11.3 Å². The first-order valence-electron chi connectivity index (χ1n) is 5.71. The Labute approximate surface area is 115 Å². The molecular formula is C12H16BrClN2O. The van der Waals surface area contributed by atoms with Crippen LogP contribution in [0.15, 0.2) is 22.7 Å². The highest BCUT2D eigenvalue weighted by Crippen LogP contribution is 2.32. The summed E-state index contributed by atoms with van der Waals surface area (Å²) in [6, 6.07) is 6.12. The molecule has 1 fully saturated rings. The lowest BCUT2D eigenvalue weighted by atomic mass is 9.87. The predicted molar refractivity (Wildman–Crippen MR) is 72.8 cm³/mol. The summed E-state index contributed by atoms with van der Waals surface area (Å²) >= 11 is 9.51. The summed E-state index contributed by atoms with van der Waals surface area (Å²) < 4.78 is 6.28. The summed E-state index contributed by atoms with van der Waals surface area (Å²) in [4.78, 5) is 0. The molecule has 0 spiro atoms. The van der Waals surface area contributed by atoms with Gasteiger partial charge in [-0.05, 0) is 52.4 Å². The van der Waals surface area contributed by atoms with E-state index in [2.05, 4.69) is 27.4 Å². The van der Waals surface area contributed by atoms with Crippen LogP contribution in [0.5, 0.6) is 0 Å². The van der Waals surface area contributed by atoms with Crippen LogP contribution in [0.3, 0.4) is 0 Å². The molecular weight excluding hydrogens is 304 g/mol. The summed E-state index contributed by atoms with van der Waals surface area (Å²) in [7, 11) is 0. The molecule has 1 atom stereocenters. The molecule has 1 aliphatic rings. The summed E-state index contributed by atoms with van der Waals surface area (Å²) in [5.74, 6) is 6.18. The Bertz CT molecular complexity index is 383. The van der Waals surface area contributed by atoms with Gasteiger partial charge in [0.1, 0.15) is 0 Å². The maximum Gasteiger partial charge on any atom is 0.0551 e. The zero-order valence-electron chi connectivity index (χ0n) is 9.46. The third-order valence-corrected chi connectivity index (χ3v) is 4.45. The topological polar surface area (TPSA) is 47.3 Å². The second-order valence-corrected chi connectivity index (χ2v) is 5.53. The second kappa shape index (κ2) is 6.16. The van der Waals surface area contributed by atoms with E-state index in [1.165, 1.54) is 0 Å². The SMILES string of the molecule is NNC(c1ccc(Br)c(Cl)c1)C1CCOCC1. The Hall–Kier alpha value is -0.130. The van der Waals surface area contributed by atoms with Gasteiger partial charge in [-0.25, -0.2) is 0 Å². The van der Waals surface area contributed by atoms with Gasteiger partial charge in [-0.2, -0.15) is 0 Å². The number of hydrogen-bond donors (Lipinski definition) is 2. The van der Waals surface area contributed by atoms with E-state index in [0.29, 0.717) is 5.92 Å². The van der Waals surface area contributed by atoms with Crippen LogP contribution in [0.2, 0.25) is 5.02 Å². The number of hydrazine groups is 1. The monoisotopic (exact) mass is 318 g/mol. The largest absolute Gasteiger partial charge is 0.381 e. The Kier molecular flexibility index (Phi) is 4.82. The normalized spacial score (nSPS) is 19.2. The van der Waals surface area contributed by atoms with Crippen molar-refractivity contribution in [3.63, 3.8) is 0 Å². The van der Waals surface area contributed by atoms with Crippen LogP contribution in [-0.4, -0.2) is 13.2 Å². The minimum Gasteiger partial charge on any atom is -0.381 e. The molecule has 1 aromatic rings. The number of rotatable bonds is 3. The third kappa shape index (κ3) is 3.20. The highest BCUT2D eigenvalue weighted by atomic mass is 79.9. The molecule has 5 heteroatoms. The number of benzene rings is 1. The van der Waals surface area contributed by atoms with Gasteiger partial charge in [0.2, 0.25) is 0 Å². The van der Waals surface area contributed by atoms with E-state index in [1.807, 2.05) is 12.1 Å². The molecule has 17 heavy (non-hydrogen) atoms. The third-order valence-electron chi connectivity index (χ3n) is 3.22. The van der Waals surface area contributed by atoms with E-state index in [1.54, 1.807) is 0 Å². The standard InChI is InChI=1S/C12H16BrClN2O/c13-10-2-1-9(7-11(10)14)12(16-15)8-3-5-17-6-4-8/h1-2,7-8,12,16H,3-6,15H2. The molecule has 0 bridgehead atoms. The number of halogens is 2. The van der Waals surface area contributed by atoms with Gasteiger partial charge in [0, 0.05) is 23.7 Å². The maximum absolute atomic E-state index is 6.11. The van der Waals surface area contributed by atoms with Gasteiger partial charge in [0.15, 0.2) is 0 Å². The van der Waals surface area contributed by atoms with Crippen molar-refractivity contribution in [2.75, 3.05) is 13.2 Å². The first-order valence-corrected chi connectivity index (χ1v) is 6.88. The van der Waals surface area contributed by atoms with Gasteiger partial charge in [0.25, 0.3) is 0 Å². The Morgan fingerprint density at radius 3 is 2.71 bits per heavy atom. The molecule has 1 aliphatic heterocycles. The Morgan fingerprint density at radius 1 is 1.41 bits per heavy atom. The molecule has 0 aliphatic carbocycles. The maximum atomic E-state index is 6.11. The average Bonchev–Trinajstić information content (AvgIpc) is 2.36.